The zero-order valence-electron chi connectivity index (χ0n) is 19.8. The first-order valence-electron chi connectivity index (χ1n) is 10.4. The van der Waals surface area contributed by atoms with Crippen molar-refractivity contribution in [2.45, 2.75) is 10.6 Å². The summed E-state index contributed by atoms with van der Waals surface area (Å²) in [4.78, 5) is 0.161. The van der Waals surface area contributed by atoms with Crippen molar-refractivity contribution in [1.82, 2.24) is 0 Å². The SMILES string of the molecule is COc1ccc(S(=O)(=O)Cc2ccccc2/C=C\c2cc(OC)c(OC)c(OC)c2)cc1OC. The van der Waals surface area contributed by atoms with Gasteiger partial charge in [-0.15, -0.1) is 0 Å². The average Bonchev–Trinajstić information content (AvgIpc) is 2.86. The van der Waals surface area contributed by atoms with E-state index >= 15 is 0 Å². The summed E-state index contributed by atoms with van der Waals surface area (Å²) in [7, 11) is 4.00. The molecular formula is C26H28O7S. The topological polar surface area (TPSA) is 80.3 Å². The van der Waals surface area contributed by atoms with Gasteiger partial charge in [0.25, 0.3) is 0 Å². The summed E-state index contributed by atoms with van der Waals surface area (Å²) < 4.78 is 53.0. The molecule has 8 heteroatoms. The molecule has 0 saturated carbocycles. The number of hydrogen-bond donors (Lipinski definition) is 0. The van der Waals surface area contributed by atoms with Gasteiger partial charge in [0, 0.05) is 6.07 Å². The first-order chi connectivity index (χ1) is 16.4. The smallest absolute Gasteiger partial charge is 0.203 e. The first-order valence-corrected chi connectivity index (χ1v) is 12.0. The average molecular weight is 485 g/mol. The third kappa shape index (κ3) is 5.46. The molecule has 0 unspecified atom stereocenters. The molecule has 34 heavy (non-hydrogen) atoms. The lowest BCUT2D eigenvalue weighted by Gasteiger charge is -2.13. The molecule has 0 N–H and O–H groups in total. The van der Waals surface area contributed by atoms with E-state index in [4.69, 9.17) is 23.7 Å². The van der Waals surface area contributed by atoms with Crippen LogP contribution in [0.2, 0.25) is 0 Å². The third-order valence-electron chi connectivity index (χ3n) is 5.26. The fraction of sp³-hybridized carbons (Fsp3) is 0.231. The van der Waals surface area contributed by atoms with Crippen LogP contribution in [0.1, 0.15) is 16.7 Å². The van der Waals surface area contributed by atoms with Gasteiger partial charge in [-0.2, -0.15) is 0 Å². The van der Waals surface area contributed by atoms with E-state index in [1.165, 1.54) is 26.4 Å². The van der Waals surface area contributed by atoms with Crippen LogP contribution in [0.5, 0.6) is 28.7 Å². The van der Waals surface area contributed by atoms with Crippen molar-refractivity contribution in [2.75, 3.05) is 35.5 Å². The van der Waals surface area contributed by atoms with Gasteiger partial charge in [-0.25, -0.2) is 8.42 Å². The maximum Gasteiger partial charge on any atom is 0.203 e. The Morgan fingerprint density at radius 1 is 0.676 bits per heavy atom. The van der Waals surface area contributed by atoms with Gasteiger partial charge in [-0.05, 0) is 41.0 Å². The van der Waals surface area contributed by atoms with Gasteiger partial charge in [-0.3, -0.25) is 0 Å². The fourth-order valence-electron chi connectivity index (χ4n) is 3.51. The van der Waals surface area contributed by atoms with Crippen LogP contribution in [0.3, 0.4) is 0 Å². The highest BCUT2D eigenvalue weighted by Gasteiger charge is 2.19. The van der Waals surface area contributed by atoms with Crippen molar-refractivity contribution < 1.29 is 32.1 Å². The van der Waals surface area contributed by atoms with E-state index in [2.05, 4.69) is 0 Å². The van der Waals surface area contributed by atoms with E-state index in [-0.39, 0.29) is 10.6 Å². The number of sulfone groups is 1. The molecule has 0 aromatic heterocycles. The van der Waals surface area contributed by atoms with Gasteiger partial charge in [0.1, 0.15) is 0 Å². The molecular weight excluding hydrogens is 456 g/mol. The van der Waals surface area contributed by atoms with Crippen molar-refractivity contribution >= 4 is 22.0 Å². The summed E-state index contributed by atoms with van der Waals surface area (Å²) in [6.07, 6.45) is 3.73. The Balaban J connectivity index is 1.93. The molecule has 0 aliphatic rings. The molecule has 180 valence electrons. The number of methoxy groups -OCH3 is 5. The van der Waals surface area contributed by atoms with Gasteiger partial charge in [0.2, 0.25) is 5.75 Å². The maximum absolute atomic E-state index is 13.2. The van der Waals surface area contributed by atoms with E-state index in [1.807, 2.05) is 42.5 Å². The molecule has 0 heterocycles. The van der Waals surface area contributed by atoms with E-state index in [1.54, 1.807) is 33.5 Å². The molecule has 0 aliphatic heterocycles. The second kappa shape index (κ2) is 11.0. The van der Waals surface area contributed by atoms with Crippen LogP contribution in [0.4, 0.5) is 0 Å². The second-order valence-corrected chi connectivity index (χ2v) is 9.26. The molecule has 3 aromatic rings. The van der Waals surface area contributed by atoms with Crippen molar-refractivity contribution in [3.8, 4) is 28.7 Å². The molecule has 7 nitrogen and oxygen atoms in total. The van der Waals surface area contributed by atoms with Crippen LogP contribution in [0, 0.1) is 0 Å². The molecule has 3 aromatic carbocycles. The van der Waals surface area contributed by atoms with E-state index < -0.39 is 9.84 Å². The molecule has 0 spiro atoms. The Labute approximate surface area is 200 Å². The summed E-state index contributed by atoms with van der Waals surface area (Å²) in [5, 5.41) is 0. The van der Waals surface area contributed by atoms with Crippen molar-refractivity contribution in [2.24, 2.45) is 0 Å². The summed E-state index contributed by atoms with van der Waals surface area (Å²) in [6, 6.07) is 15.6. The van der Waals surface area contributed by atoms with Gasteiger partial charge >= 0.3 is 0 Å². The van der Waals surface area contributed by atoms with Crippen LogP contribution in [-0.2, 0) is 15.6 Å². The number of ether oxygens (including phenoxy) is 5. The molecule has 0 radical (unpaired) electrons. The van der Waals surface area contributed by atoms with Gasteiger partial charge in [0.05, 0.1) is 46.2 Å². The highest BCUT2D eigenvalue weighted by atomic mass is 32.2. The zero-order chi connectivity index (χ0) is 24.7. The molecule has 0 fully saturated rings. The van der Waals surface area contributed by atoms with Crippen LogP contribution < -0.4 is 23.7 Å². The zero-order valence-corrected chi connectivity index (χ0v) is 20.6. The number of benzene rings is 3. The summed E-state index contributed by atoms with van der Waals surface area (Å²) in [5.74, 6) is 2.23. The quantitative estimate of drug-likeness (QED) is 0.380. The van der Waals surface area contributed by atoms with Crippen LogP contribution in [0.15, 0.2) is 59.5 Å². The minimum Gasteiger partial charge on any atom is -0.493 e. The Kier molecular flexibility index (Phi) is 8.07. The summed E-state index contributed by atoms with van der Waals surface area (Å²) >= 11 is 0. The third-order valence-corrected chi connectivity index (χ3v) is 6.92. The molecule has 0 aliphatic carbocycles. The standard InChI is InChI=1S/C26H28O7S/c1-29-22-13-12-21(16-23(22)30-2)34(27,28)17-20-9-7-6-8-19(20)11-10-18-14-24(31-3)26(33-5)25(15-18)32-4/h6-16H,17H2,1-5H3/b11-10-. The summed E-state index contributed by atoms with van der Waals surface area (Å²) in [6.45, 7) is 0. The monoisotopic (exact) mass is 484 g/mol. The van der Waals surface area contributed by atoms with Gasteiger partial charge in [-0.1, -0.05) is 36.4 Å². The fourth-order valence-corrected chi connectivity index (χ4v) is 4.91. The van der Waals surface area contributed by atoms with Gasteiger partial charge < -0.3 is 23.7 Å². The molecule has 3 rings (SSSR count). The van der Waals surface area contributed by atoms with Crippen LogP contribution in [0.25, 0.3) is 12.2 Å². The van der Waals surface area contributed by atoms with Crippen LogP contribution in [-0.4, -0.2) is 44.0 Å². The van der Waals surface area contributed by atoms with Crippen molar-refractivity contribution in [3.63, 3.8) is 0 Å². The highest BCUT2D eigenvalue weighted by molar-refractivity contribution is 7.90. The Bertz CT molecular complexity index is 1260. The minimum atomic E-state index is -3.63. The predicted octanol–water partition coefficient (Wildman–Crippen LogP) is 4.87. The molecule has 0 amide bonds. The van der Waals surface area contributed by atoms with Crippen molar-refractivity contribution in [3.05, 3.63) is 71.3 Å². The maximum atomic E-state index is 13.2. The number of hydrogen-bond acceptors (Lipinski definition) is 7. The first kappa shape index (κ1) is 25.0. The lowest BCUT2D eigenvalue weighted by molar-refractivity contribution is 0.324. The minimum absolute atomic E-state index is 0.161. The Morgan fingerprint density at radius 2 is 1.29 bits per heavy atom. The van der Waals surface area contributed by atoms with E-state index in [9.17, 15) is 8.42 Å². The predicted molar refractivity (Wildman–Crippen MR) is 132 cm³/mol. The summed E-state index contributed by atoms with van der Waals surface area (Å²) in [5.41, 5.74) is 2.26. The largest absolute Gasteiger partial charge is 0.493 e. The van der Waals surface area contributed by atoms with Crippen LogP contribution >= 0.6 is 0 Å². The van der Waals surface area contributed by atoms with Gasteiger partial charge in [0.15, 0.2) is 32.8 Å². The lowest BCUT2D eigenvalue weighted by Crippen LogP contribution is -2.07. The molecule has 0 atom stereocenters. The normalized spacial score (nSPS) is 11.3. The second-order valence-electron chi connectivity index (χ2n) is 7.27. The number of rotatable bonds is 10. The highest BCUT2D eigenvalue weighted by Crippen LogP contribution is 2.38. The van der Waals surface area contributed by atoms with E-state index in [0.717, 1.165) is 11.1 Å². The van der Waals surface area contributed by atoms with Crippen molar-refractivity contribution in [1.29, 1.82) is 0 Å². The Hall–Kier alpha value is -3.65. The lowest BCUT2D eigenvalue weighted by atomic mass is 10.1. The molecule has 0 saturated heterocycles. The van der Waals surface area contributed by atoms with E-state index in [0.29, 0.717) is 34.3 Å². The Morgan fingerprint density at radius 3 is 1.88 bits per heavy atom. The molecule has 0 bridgehead atoms.